The SMILES string of the molecule is COc1ccc2c(c1)OCC(C(=O)Nc1cc(C)ccc1C)=C2. The van der Waals surface area contributed by atoms with Crippen LogP contribution in [0.2, 0.25) is 0 Å². The van der Waals surface area contributed by atoms with E-state index in [4.69, 9.17) is 9.47 Å². The number of anilines is 1. The first kappa shape index (κ1) is 15.2. The fraction of sp³-hybridized carbons (Fsp3) is 0.211. The van der Waals surface area contributed by atoms with Crippen LogP contribution in [-0.4, -0.2) is 19.6 Å². The van der Waals surface area contributed by atoms with Crippen molar-refractivity contribution in [1.29, 1.82) is 0 Å². The smallest absolute Gasteiger partial charge is 0.255 e. The standard InChI is InChI=1S/C19H19NO3/c1-12-4-5-13(2)17(8-12)20-19(21)15-9-14-6-7-16(22-3)10-18(14)23-11-15/h4-10H,11H2,1-3H3,(H,20,21). The Morgan fingerprint density at radius 1 is 1.17 bits per heavy atom. The maximum atomic E-state index is 12.5. The number of rotatable bonds is 3. The second kappa shape index (κ2) is 6.16. The van der Waals surface area contributed by atoms with Crippen molar-refractivity contribution in [3.05, 3.63) is 58.7 Å². The fourth-order valence-electron chi connectivity index (χ4n) is 2.47. The van der Waals surface area contributed by atoms with Crippen molar-refractivity contribution in [3.8, 4) is 11.5 Å². The molecule has 0 atom stereocenters. The largest absolute Gasteiger partial charge is 0.497 e. The second-order valence-corrected chi connectivity index (χ2v) is 5.63. The van der Waals surface area contributed by atoms with E-state index in [0.717, 1.165) is 33.9 Å². The van der Waals surface area contributed by atoms with E-state index < -0.39 is 0 Å². The maximum Gasteiger partial charge on any atom is 0.255 e. The number of hydrogen-bond donors (Lipinski definition) is 1. The van der Waals surface area contributed by atoms with E-state index in [1.165, 1.54) is 0 Å². The van der Waals surface area contributed by atoms with Gasteiger partial charge in [-0.25, -0.2) is 0 Å². The van der Waals surface area contributed by atoms with E-state index in [0.29, 0.717) is 5.57 Å². The van der Waals surface area contributed by atoms with Crippen LogP contribution in [0.25, 0.3) is 6.08 Å². The van der Waals surface area contributed by atoms with Crippen LogP contribution in [0.15, 0.2) is 42.0 Å². The van der Waals surface area contributed by atoms with Crippen molar-refractivity contribution in [1.82, 2.24) is 0 Å². The summed E-state index contributed by atoms with van der Waals surface area (Å²) in [5.41, 5.74) is 4.45. The first-order chi connectivity index (χ1) is 11.1. The third-order valence-corrected chi connectivity index (χ3v) is 3.87. The lowest BCUT2D eigenvalue weighted by molar-refractivity contribution is -0.113. The zero-order valence-corrected chi connectivity index (χ0v) is 13.5. The lowest BCUT2D eigenvalue weighted by atomic mass is 10.1. The molecule has 4 heteroatoms. The highest BCUT2D eigenvalue weighted by molar-refractivity contribution is 6.07. The Morgan fingerprint density at radius 2 is 2.00 bits per heavy atom. The van der Waals surface area contributed by atoms with Crippen molar-refractivity contribution >= 4 is 17.7 Å². The van der Waals surface area contributed by atoms with Crippen LogP contribution in [0.4, 0.5) is 5.69 Å². The minimum atomic E-state index is -0.139. The van der Waals surface area contributed by atoms with Gasteiger partial charge in [0.15, 0.2) is 0 Å². The van der Waals surface area contributed by atoms with Gasteiger partial charge in [0.05, 0.1) is 12.7 Å². The summed E-state index contributed by atoms with van der Waals surface area (Å²) < 4.78 is 10.9. The molecule has 0 saturated carbocycles. The van der Waals surface area contributed by atoms with E-state index in [2.05, 4.69) is 5.32 Å². The van der Waals surface area contributed by atoms with Crippen LogP contribution in [-0.2, 0) is 4.79 Å². The van der Waals surface area contributed by atoms with Crippen LogP contribution in [0.1, 0.15) is 16.7 Å². The Kier molecular flexibility index (Phi) is 4.06. The van der Waals surface area contributed by atoms with Crippen LogP contribution in [0.3, 0.4) is 0 Å². The molecule has 23 heavy (non-hydrogen) atoms. The number of methoxy groups -OCH3 is 1. The van der Waals surface area contributed by atoms with Crippen LogP contribution < -0.4 is 14.8 Å². The van der Waals surface area contributed by atoms with Crippen LogP contribution in [0.5, 0.6) is 11.5 Å². The molecule has 0 bridgehead atoms. The average Bonchev–Trinajstić information content (AvgIpc) is 2.57. The minimum absolute atomic E-state index is 0.139. The van der Waals surface area contributed by atoms with Crippen LogP contribution >= 0.6 is 0 Å². The zero-order valence-electron chi connectivity index (χ0n) is 13.5. The number of aryl methyl sites for hydroxylation is 2. The Hall–Kier alpha value is -2.75. The molecule has 0 radical (unpaired) electrons. The van der Waals surface area contributed by atoms with E-state index in [1.807, 2.05) is 56.3 Å². The molecule has 0 spiro atoms. The number of carbonyl (C=O) groups excluding carboxylic acids is 1. The molecule has 1 aliphatic heterocycles. The molecule has 1 aliphatic rings. The van der Waals surface area contributed by atoms with Crippen molar-refractivity contribution in [3.63, 3.8) is 0 Å². The van der Waals surface area contributed by atoms with E-state index >= 15 is 0 Å². The fourth-order valence-corrected chi connectivity index (χ4v) is 2.47. The number of fused-ring (bicyclic) bond motifs is 1. The lowest BCUT2D eigenvalue weighted by Crippen LogP contribution is -2.21. The molecule has 4 nitrogen and oxygen atoms in total. The highest BCUT2D eigenvalue weighted by Crippen LogP contribution is 2.30. The van der Waals surface area contributed by atoms with Gasteiger partial charge in [-0.05, 0) is 49.2 Å². The number of ether oxygens (including phenoxy) is 2. The number of hydrogen-bond acceptors (Lipinski definition) is 3. The molecule has 0 saturated heterocycles. The summed E-state index contributed by atoms with van der Waals surface area (Å²) in [6, 6.07) is 11.6. The third kappa shape index (κ3) is 3.21. The topological polar surface area (TPSA) is 47.6 Å². The average molecular weight is 309 g/mol. The number of nitrogens with one attached hydrogen (secondary N) is 1. The highest BCUT2D eigenvalue weighted by atomic mass is 16.5. The molecule has 0 unspecified atom stereocenters. The quantitative estimate of drug-likeness (QED) is 0.940. The van der Waals surface area contributed by atoms with Crippen molar-refractivity contribution in [2.24, 2.45) is 0 Å². The van der Waals surface area contributed by atoms with Gasteiger partial charge < -0.3 is 14.8 Å². The first-order valence-electron chi connectivity index (χ1n) is 7.47. The molecule has 0 aliphatic carbocycles. The molecule has 3 rings (SSSR count). The maximum absolute atomic E-state index is 12.5. The van der Waals surface area contributed by atoms with Crippen molar-refractivity contribution in [2.45, 2.75) is 13.8 Å². The molecule has 1 heterocycles. The summed E-state index contributed by atoms with van der Waals surface area (Å²) in [5.74, 6) is 1.33. The summed E-state index contributed by atoms with van der Waals surface area (Å²) in [5, 5.41) is 2.96. The zero-order chi connectivity index (χ0) is 16.4. The van der Waals surface area contributed by atoms with Gasteiger partial charge in [-0.15, -0.1) is 0 Å². The Morgan fingerprint density at radius 3 is 2.78 bits per heavy atom. The molecule has 2 aromatic carbocycles. The van der Waals surface area contributed by atoms with Gasteiger partial charge in [0, 0.05) is 17.3 Å². The van der Waals surface area contributed by atoms with Gasteiger partial charge in [-0.2, -0.15) is 0 Å². The van der Waals surface area contributed by atoms with Gasteiger partial charge in [-0.3, -0.25) is 4.79 Å². The lowest BCUT2D eigenvalue weighted by Gasteiger charge is -2.19. The molecule has 118 valence electrons. The van der Waals surface area contributed by atoms with Gasteiger partial charge in [0.1, 0.15) is 18.1 Å². The van der Waals surface area contributed by atoms with Crippen molar-refractivity contribution in [2.75, 3.05) is 19.0 Å². The summed E-state index contributed by atoms with van der Waals surface area (Å²) in [6.45, 7) is 4.22. The summed E-state index contributed by atoms with van der Waals surface area (Å²) in [4.78, 5) is 12.5. The molecule has 0 aromatic heterocycles. The van der Waals surface area contributed by atoms with E-state index in [-0.39, 0.29) is 12.5 Å². The normalized spacial score (nSPS) is 12.7. The Labute approximate surface area is 135 Å². The monoisotopic (exact) mass is 309 g/mol. The van der Waals surface area contributed by atoms with Gasteiger partial charge in [0.2, 0.25) is 0 Å². The van der Waals surface area contributed by atoms with E-state index in [9.17, 15) is 4.79 Å². The van der Waals surface area contributed by atoms with Gasteiger partial charge >= 0.3 is 0 Å². The van der Waals surface area contributed by atoms with Gasteiger partial charge in [-0.1, -0.05) is 12.1 Å². The highest BCUT2D eigenvalue weighted by Gasteiger charge is 2.18. The predicted molar refractivity (Wildman–Crippen MR) is 91.0 cm³/mol. The molecule has 2 aromatic rings. The van der Waals surface area contributed by atoms with Gasteiger partial charge in [0.25, 0.3) is 5.91 Å². The third-order valence-electron chi connectivity index (χ3n) is 3.87. The molecular weight excluding hydrogens is 290 g/mol. The molecular formula is C19H19NO3. The Balaban J connectivity index is 1.82. The van der Waals surface area contributed by atoms with Crippen LogP contribution in [0, 0.1) is 13.8 Å². The minimum Gasteiger partial charge on any atom is -0.497 e. The summed E-state index contributed by atoms with van der Waals surface area (Å²) >= 11 is 0. The first-order valence-corrected chi connectivity index (χ1v) is 7.47. The summed E-state index contributed by atoms with van der Waals surface area (Å²) in [7, 11) is 1.61. The Bertz CT molecular complexity index is 793. The summed E-state index contributed by atoms with van der Waals surface area (Å²) in [6.07, 6.45) is 1.86. The molecule has 1 N–H and O–H groups in total. The number of benzene rings is 2. The predicted octanol–water partition coefficient (Wildman–Crippen LogP) is 3.73. The van der Waals surface area contributed by atoms with Crippen molar-refractivity contribution < 1.29 is 14.3 Å². The molecule has 1 amide bonds. The molecule has 0 fully saturated rings. The number of carbonyl (C=O) groups is 1. The van der Waals surface area contributed by atoms with E-state index in [1.54, 1.807) is 7.11 Å². The number of amides is 1. The second-order valence-electron chi connectivity index (χ2n) is 5.63.